The summed E-state index contributed by atoms with van der Waals surface area (Å²) in [6, 6.07) is 0. The molecule has 2 unspecified atom stereocenters. The summed E-state index contributed by atoms with van der Waals surface area (Å²) >= 11 is 0. The number of carbonyl (C=O) groups excluding carboxylic acids is 1. The van der Waals surface area contributed by atoms with Crippen LogP contribution in [0.3, 0.4) is 0 Å². The number of nitrogens with zero attached hydrogens (tertiary/aromatic N) is 1. The van der Waals surface area contributed by atoms with E-state index in [0.29, 0.717) is 12.8 Å². The maximum absolute atomic E-state index is 12.2. The first-order valence-electron chi connectivity index (χ1n) is 6.82. The summed E-state index contributed by atoms with van der Waals surface area (Å²) < 4.78 is 5.69. The smallest absolute Gasteiger partial charge is 0.243 e. The third-order valence-electron chi connectivity index (χ3n) is 4.12. The first kappa shape index (κ1) is 12.8. The van der Waals surface area contributed by atoms with Gasteiger partial charge in [0.05, 0.1) is 18.3 Å². The Balaban J connectivity index is 1.78. The van der Waals surface area contributed by atoms with Crippen LogP contribution in [0.4, 0.5) is 0 Å². The summed E-state index contributed by atoms with van der Waals surface area (Å²) in [4.78, 5) is 14.1. The highest BCUT2D eigenvalue weighted by molar-refractivity contribution is 5.87. The van der Waals surface area contributed by atoms with Gasteiger partial charge in [-0.2, -0.15) is 0 Å². The van der Waals surface area contributed by atoms with E-state index in [-0.39, 0.29) is 11.4 Å². The average Bonchev–Trinajstić information content (AvgIpc) is 2.66. The van der Waals surface area contributed by atoms with Gasteiger partial charge in [-0.05, 0) is 39.0 Å². The van der Waals surface area contributed by atoms with E-state index >= 15 is 0 Å². The molecule has 2 aliphatic heterocycles. The lowest BCUT2D eigenvalue weighted by Gasteiger charge is -2.25. The molecule has 2 heterocycles. The Bertz CT molecular complexity index is 277. The molecule has 2 saturated heterocycles. The zero-order chi connectivity index (χ0) is 12.3. The number of nitrogens with one attached hydrogen (secondary N) is 1. The molecule has 0 aromatic rings. The second-order valence-corrected chi connectivity index (χ2v) is 5.37. The van der Waals surface area contributed by atoms with Crippen LogP contribution in [-0.4, -0.2) is 42.3 Å². The molecule has 98 valence electrons. The second kappa shape index (κ2) is 5.36. The van der Waals surface area contributed by atoms with Crippen molar-refractivity contribution < 1.29 is 9.53 Å². The Labute approximate surface area is 104 Å². The first-order chi connectivity index (χ1) is 8.15. The molecule has 4 heteroatoms. The summed E-state index contributed by atoms with van der Waals surface area (Å²) in [6.07, 6.45) is 5.80. The Hall–Kier alpha value is -0.610. The molecule has 0 aliphatic carbocycles. The highest BCUT2D eigenvalue weighted by atomic mass is 16.5. The van der Waals surface area contributed by atoms with Gasteiger partial charge >= 0.3 is 0 Å². The highest BCUT2D eigenvalue weighted by Crippen LogP contribution is 2.21. The molecule has 0 aromatic carbocycles. The van der Waals surface area contributed by atoms with Crippen molar-refractivity contribution in [1.82, 2.24) is 10.2 Å². The van der Waals surface area contributed by atoms with Crippen molar-refractivity contribution in [3.8, 4) is 0 Å². The van der Waals surface area contributed by atoms with Gasteiger partial charge in [0.15, 0.2) is 0 Å². The minimum Gasteiger partial charge on any atom is -0.378 e. The van der Waals surface area contributed by atoms with E-state index in [2.05, 4.69) is 12.2 Å². The molecule has 0 radical (unpaired) electrons. The Kier molecular flexibility index (Phi) is 4.05. The summed E-state index contributed by atoms with van der Waals surface area (Å²) in [5, 5.41) is 3.31. The minimum atomic E-state index is -0.340. The molecule has 2 fully saturated rings. The standard InChI is InChI=1S/C13H24N2O2/c1-3-13(2)12(16)15(10-14-13)8-7-11-6-4-5-9-17-11/h11,14H,3-10H2,1-2H3. The molecule has 2 aliphatic rings. The normalized spacial score (nSPS) is 34.4. The Morgan fingerprint density at radius 2 is 2.35 bits per heavy atom. The fraction of sp³-hybridized carbons (Fsp3) is 0.923. The van der Waals surface area contributed by atoms with E-state index in [1.165, 1.54) is 12.8 Å². The lowest BCUT2D eigenvalue weighted by Crippen LogP contribution is -2.43. The first-order valence-corrected chi connectivity index (χ1v) is 6.82. The van der Waals surface area contributed by atoms with Gasteiger partial charge in [0.2, 0.25) is 5.91 Å². The predicted octanol–water partition coefficient (Wildman–Crippen LogP) is 1.50. The minimum absolute atomic E-state index is 0.246. The van der Waals surface area contributed by atoms with Gasteiger partial charge in [0.25, 0.3) is 0 Å². The summed E-state index contributed by atoms with van der Waals surface area (Å²) in [6.45, 7) is 6.45. The van der Waals surface area contributed by atoms with Crippen molar-refractivity contribution in [2.75, 3.05) is 19.8 Å². The molecule has 2 rings (SSSR count). The van der Waals surface area contributed by atoms with Crippen LogP contribution >= 0.6 is 0 Å². The van der Waals surface area contributed by atoms with Gasteiger partial charge in [0, 0.05) is 13.2 Å². The van der Waals surface area contributed by atoms with Crippen molar-refractivity contribution >= 4 is 5.91 Å². The zero-order valence-electron chi connectivity index (χ0n) is 11.0. The molecule has 0 spiro atoms. The van der Waals surface area contributed by atoms with Crippen LogP contribution in [0.25, 0.3) is 0 Å². The quantitative estimate of drug-likeness (QED) is 0.809. The summed E-state index contributed by atoms with van der Waals surface area (Å²) in [5.41, 5.74) is -0.340. The van der Waals surface area contributed by atoms with Gasteiger partial charge < -0.3 is 9.64 Å². The van der Waals surface area contributed by atoms with Crippen LogP contribution in [0, 0.1) is 0 Å². The van der Waals surface area contributed by atoms with Gasteiger partial charge in [-0.3, -0.25) is 10.1 Å². The van der Waals surface area contributed by atoms with Crippen LogP contribution in [-0.2, 0) is 9.53 Å². The number of ether oxygens (including phenoxy) is 1. The molecule has 0 saturated carbocycles. The van der Waals surface area contributed by atoms with Crippen LogP contribution in [0.5, 0.6) is 0 Å². The number of carbonyl (C=O) groups is 1. The number of hydrogen-bond acceptors (Lipinski definition) is 3. The Morgan fingerprint density at radius 3 is 2.94 bits per heavy atom. The topological polar surface area (TPSA) is 41.6 Å². The molecular formula is C13H24N2O2. The van der Waals surface area contributed by atoms with E-state index in [0.717, 1.165) is 32.4 Å². The van der Waals surface area contributed by atoms with Crippen LogP contribution < -0.4 is 5.32 Å². The van der Waals surface area contributed by atoms with Crippen molar-refractivity contribution in [1.29, 1.82) is 0 Å². The van der Waals surface area contributed by atoms with Crippen molar-refractivity contribution in [2.45, 2.75) is 57.6 Å². The maximum Gasteiger partial charge on any atom is 0.243 e. The van der Waals surface area contributed by atoms with Gasteiger partial charge in [-0.15, -0.1) is 0 Å². The van der Waals surface area contributed by atoms with Crippen molar-refractivity contribution in [3.05, 3.63) is 0 Å². The fourth-order valence-corrected chi connectivity index (χ4v) is 2.56. The molecular weight excluding hydrogens is 216 g/mol. The van der Waals surface area contributed by atoms with Crippen LogP contribution in [0.1, 0.15) is 46.0 Å². The van der Waals surface area contributed by atoms with E-state index < -0.39 is 0 Å². The fourth-order valence-electron chi connectivity index (χ4n) is 2.56. The van der Waals surface area contributed by atoms with Crippen molar-refractivity contribution in [2.24, 2.45) is 0 Å². The SMILES string of the molecule is CCC1(C)NCN(CCC2CCCCO2)C1=O. The number of hydrogen-bond donors (Lipinski definition) is 1. The molecule has 1 N–H and O–H groups in total. The number of rotatable bonds is 4. The molecule has 4 nitrogen and oxygen atoms in total. The summed E-state index contributed by atoms with van der Waals surface area (Å²) in [7, 11) is 0. The average molecular weight is 240 g/mol. The van der Waals surface area contributed by atoms with Gasteiger partial charge in [-0.1, -0.05) is 6.92 Å². The van der Waals surface area contributed by atoms with Crippen LogP contribution in [0.2, 0.25) is 0 Å². The summed E-state index contributed by atoms with van der Waals surface area (Å²) in [5.74, 6) is 0.246. The maximum atomic E-state index is 12.2. The monoisotopic (exact) mass is 240 g/mol. The van der Waals surface area contributed by atoms with Crippen molar-refractivity contribution in [3.63, 3.8) is 0 Å². The zero-order valence-corrected chi connectivity index (χ0v) is 11.0. The molecule has 1 amide bonds. The number of amides is 1. The van der Waals surface area contributed by atoms with E-state index in [1.807, 2.05) is 11.8 Å². The predicted molar refractivity (Wildman–Crippen MR) is 66.6 cm³/mol. The molecule has 2 atom stereocenters. The molecule has 17 heavy (non-hydrogen) atoms. The van der Waals surface area contributed by atoms with Gasteiger partial charge in [0.1, 0.15) is 0 Å². The Morgan fingerprint density at radius 1 is 1.53 bits per heavy atom. The van der Waals surface area contributed by atoms with E-state index in [9.17, 15) is 4.79 Å². The lowest BCUT2D eigenvalue weighted by atomic mass is 9.99. The van der Waals surface area contributed by atoms with Gasteiger partial charge in [-0.25, -0.2) is 0 Å². The largest absolute Gasteiger partial charge is 0.378 e. The third kappa shape index (κ3) is 2.80. The lowest BCUT2D eigenvalue weighted by molar-refractivity contribution is -0.132. The second-order valence-electron chi connectivity index (χ2n) is 5.37. The van der Waals surface area contributed by atoms with E-state index in [4.69, 9.17) is 4.74 Å². The molecule has 0 aromatic heterocycles. The highest BCUT2D eigenvalue weighted by Gasteiger charge is 2.40. The van der Waals surface area contributed by atoms with Crippen LogP contribution in [0.15, 0.2) is 0 Å². The third-order valence-corrected chi connectivity index (χ3v) is 4.12. The van der Waals surface area contributed by atoms with E-state index in [1.54, 1.807) is 0 Å². The molecule has 0 bridgehead atoms.